The lowest BCUT2D eigenvalue weighted by atomic mass is 10.5. The smallest absolute Gasteiger partial charge is 0.403 e. The van der Waals surface area contributed by atoms with Crippen LogP contribution in [-0.2, 0) is 17.7 Å². The van der Waals surface area contributed by atoms with Gasteiger partial charge in [0.15, 0.2) is 0 Å². The summed E-state index contributed by atoms with van der Waals surface area (Å²) in [6.45, 7) is 14.1. The van der Waals surface area contributed by atoms with Crippen molar-refractivity contribution < 1.29 is 17.7 Å². The van der Waals surface area contributed by atoms with Crippen molar-refractivity contribution in [3.8, 4) is 0 Å². The molecule has 1 unspecified atom stereocenters. The van der Waals surface area contributed by atoms with Gasteiger partial charge in [-0.2, -0.15) is 0 Å². The first-order valence-corrected chi connectivity index (χ1v) is 12.4. The van der Waals surface area contributed by atoms with E-state index in [0.717, 1.165) is 19.3 Å². The van der Waals surface area contributed by atoms with Gasteiger partial charge in [0.2, 0.25) is 0 Å². The average Bonchev–Trinajstić information content (AvgIpc) is 2.72. The van der Waals surface area contributed by atoms with Crippen LogP contribution < -0.4 is 0 Å². The van der Waals surface area contributed by atoms with Crippen LogP contribution in [0.4, 0.5) is 0 Å². The predicted octanol–water partition coefficient (Wildman–Crippen LogP) is 2.39. The van der Waals surface area contributed by atoms with Crippen LogP contribution in [0.15, 0.2) is 0 Å². The van der Waals surface area contributed by atoms with Gasteiger partial charge in [0, 0.05) is 26.4 Å². The lowest BCUT2D eigenvalue weighted by Crippen LogP contribution is -2.61. The molecule has 0 aliphatic carbocycles. The maximum atomic E-state index is 6.10. The van der Waals surface area contributed by atoms with Crippen LogP contribution in [0.3, 0.4) is 0 Å². The summed E-state index contributed by atoms with van der Waals surface area (Å²) in [4.78, 5) is 0. The van der Waals surface area contributed by atoms with Gasteiger partial charge < -0.3 is 17.7 Å². The second kappa shape index (κ2) is 8.62. The fraction of sp³-hybridized carbons (Fsp3) is 1.00. The Morgan fingerprint density at radius 1 is 0.950 bits per heavy atom. The molecule has 0 aromatic rings. The average molecular weight is 322 g/mol. The van der Waals surface area contributed by atoms with Gasteiger partial charge in [-0.3, -0.25) is 4.57 Å². The van der Waals surface area contributed by atoms with E-state index >= 15 is 0 Å². The van der Waals surface area contributed by atoms with E-state index in [1.165, 1.54) is 12.5 Å². The largest absolute Gasteiger partial charge is 0.515 e. The minimum atomic E-state index is -2.60. The molecular formula is C13H31NO4Si2. The molecule has 1 aliphatic heterocycles. The summed E-state index contributed by atoms with van der Waals surface area (Å²) < 4.78 is 26.5. The van der Waals surface area contributed by atoms with Gasteiger partial charge in [0.1, 0.15) is 0 Å². The molecule has 0 saturated carbocycles. The first-order chi connectivity index (χ1) is 9.55. The maximum absolute atomic E-state index is 6.10. The summed E-state index contributed by atoms with van der Waals surface area (Å²) in [7, 11) is -4.38. The van der Waals surface area contributed by atoms with Crippen molar-refractivity contribution in [2.45, 2.75) is 46.7 Å². The normalized spacial score (nSPS) is 24.4. The zero-order valence-electron chi connectivity index (χ0n) is 13.7. The van der Waals surface area contributed by atoms with Crippen molar-refractivity contribution in [2.75, 3.05) is 39.1 Å². The molecule has 1 atom stereocenters. The molecule has 1 rings (SSSR count). The molecule has 1 fully saturated rings. The van der Waals surface area contributed by atoms with Crippen LogP contribution in [-0.4, -0.2) is 61.0 Å². The third kappa shape index (κ3) is 4.62. The minimum Gasteiger partial charge on any atom is -0.403 e. The molecule has 0 bridgehead atoms. The third-order valence-corrected chi connectivity index (χ3v) is 10.9. The Morgan fingerprint density at radius 3 is 1.95 bits per heavy atom. The summed E-state index contributed by atoms with van der Waals surface area (Å²) in [5, 5.41) is 0. The Kier molecular flexibility index (Phi) is 7.88. The fourth-order valence-corrected chi connectivity index (χ4v) is 9.97. The molecule has 1 saturated heterocycles. The lowest BCUT2D eigenvalue weighted by Gasteiger charge is -2.38. The van der Waals surface area contributed by atoms with E-state index in [1.54, 1.807) is 0 Å². The summed E-state index contributed by atoms with van der Waals surface area (Å²) in [6.07, 6.45) is 1.98. The van der Waals surface area contributed by atoms with E-state index in [4.69, 9.17) is 17.7 Å². The monoisotopic (exact) mass is 321 g/mol. The number of rotatable bonds is 10. The predicted molar refractivity (Wildman–Crippen MR) is 84.9 cm³/mol. The van der Waals surface area contributed by atoms with Gasteiger partial charge >= 0.3 is 8.80 Å². The van der Waals surface area contributed by atoms with E-state index in [2.05, 4.69) is 18.0 Å². The van der Waals surface area contributed by atoms with Gasteiger partial charge in [-0.1, -0.05) is 0 Å². The van der Waals surface area contributed by atoms with Gasteiger partial charge in [-0.25, -0.2) is 0 Å². The molecule has 0 amide bonds. The Hall–Kier alpha value is 0.234. The molecule has 120 valence electrons. The van der Waals surface area contributed by atoms with Crippen LogP contribution in [0.1, 0.15) is 34.1 Å². The first kappa shape index (κ1) is 18.3. The zero-order chi connectivity index (χ0) is 15.1. The van der Waals surface area contributed by atoms with Crippen LogP contribution >= 0.6 is 0 Å². The van der Waals surface area contributed by atoms with Crippen molar-refractivity contribution in [1.82, 2.24) is 4.57 Å². The van der Waals surface area contributed by atoms with Crippen molar-refractivity contribution in [2.24, 2.45) is 0 Å². The molecule has 0 N–H and O–H groups in total. The number of nitrogens with zero attached hydrogens (tertiary/aromatic N) is 1. The zero-order valence-corrected chi connectivity index (χ0v) is 15.7. The van der Waals surface area contributed by atoms with Crippen LogP contribution in [0.25, 0.3) is 0 Å². The summed E-state index contributed by atoms with van der Waals surface area (Å²) in [6, 6.07) is 1.19. The summed E-state index contributed by atoms with van der Waals surface area (Å²) in [5.74, 6) is 0. The maximum Gasteiger partial charge on any atom is 0.515 e. The van der Waals surface area contributed by atoms with E-state index in [1.807, 2.05) is 20.8 Å². The molecule has 7 heteroatoms. The molecule has 0 radical (unpaired) electrons. The minimum absolute atomic E-state index is 0.632. The highest BCUT2D eigenvalue weighted by molar-refractivity contribution is 6.72. The Morgan fingerprint density at radius 2 is 1.50 bits per heavy atom. The lowest BCUT2D eigenvalue weighted by molar-refractivity contribution is 0.0624. The standard InChI is InChI=1S/C13H31NO4Si2/c1-6-15-19(5)12-10-11-14(19)13-20(16-7-2,17-8-3)18-9-4/h6-13H2,1-5H3. The van der Waals surface area contributed by atoms with E-state index in [0.29, 0.717) is 19.8 Å². The molecule has 0 spiro atoms. The Bertz CT molecular complexity index is 266. The topological polar surface area (TPSA) is 40.2 Å². The van der Waals surface area contributed by atoms with Crippen molar-refractivity contribution in [1.29, 1.82) is 0 Å². The molecular weight excluding hydrogens is 290 g/mol. The van der Waals surface area contributed by atoms with E-state index in [9.17, 15) is 0 Å². The van der Waals surface area contributed by atoms with Gasteiger partial charge in [0.25, 0.3) is 8.48 Å². The van der Waals surface area contributed by atoms with E-state index < -0.39 is 17.3 Å². The highest BCUT2D eigenvalue weighted by Crippen LogP contribution is 2.29. The van der Waals surface area contributed by atoms with Crippen LogP contribution in [0.2, 0.25) is 12.6 Å². The van der Waals surface area contributed by atoms with Crippen molar-refractivity contribution in [3.63, 3.8) is 0 Å². The van der Waals surface area contributed by atoms with E-state index in [-0.39, 0.29) is 0 Å². The highest BCUT2D eigenvalue weighted by Gasteiger charge is 2.50. The second-order valence-electron chi connectivity index (χ2n) is 5.12. The summed E-state index contributed by atoms with van der Waals surface area (Å²) >= 11 is 0. The Balaban J connectivity index is 2.81. The number of hydrogen-bond acceptors (Lipinski definition) is 5. The van der Waals surface area contributed by atoms with Crippen molar-refractivity contribution >= 4 is 17.3 Å². The fourth-order valence-electron chi connectivity index (χ4n) is 2.87. The van der Waals surface area contributed by atoms with Crippen molar-refractivity contribution in [3.05, 3.63) is 0 Å². The molecule has 1 heterocycles. The second-order valence-corrected chi connectivity index (χ2v) is 11.4. The molecule has 0 aromatic heterocycles. The van der Waals surface area contributed by atoms with Gasteiger partial charge in [-0.05, 0) is 53.3 Å². The quantitative estimate of drug-likeness (QED) is 0.578. The van der Waals surface area contributed by atoms with Crippen LogP contribution in [0.5, 0.6) is 0 Å². The molecule has 1 aliphatic rings. The molecule has 20 heavy (non-hydrogen) atoms. The molecule has 5 nitrogen and oxygen atoms in total. The third-order valence-electron chi connectivity index (χ3n) is 3.67. The summed E-state index contributed by atoms with van der Waals surface area (Å²) in [5.41, 5.74) is 0. The number of hydrogen-bond donors (Lipinski definition) is 0. The molecule has 0 aromatic carbocycles. The SMILES string of the molecule is CCO[Si](CN1CCC[Si]1(C)OCC)(OCC)OCC. The van der Waals surface area contributed by atoms with Gasteiger partial charge in [0.05, 0.1) is 6.17 Å². The van der Waals surface area contributed by atoms with Crippen LogP contribution in [0, 0.1) is 0 Å². The van der Waals surface area contributed by atoms with Gasteiger partial charge in [-0.15, -0.1) is 0 Å². The highest BCUT2D eigenvalue weighted by atomic mass is 28.4. The Labute approximate surface area is 126 Å². The first-order valence-electron chi connectivity index (χ1n) is 7.86.